The summed E-state index contributed by atoms with van der Waals surface area (Å²) in [4.78, 5) is 13.6. The normalized spacial score (nSPS) is 34.0. The molecule has 5 heteroatoms. The highest BCUT2D eigenvalue weighted by molar-refractivity contribution is 5.69. The summed E-state index contributed by atoms with van der Waals surface area (Å²) >= 11 is 0. The molecule has 2 aliphatic rings. The molecule has 1 amide bonds. The standard InChI is InChI=1S/C11H19NO4/c1-11(2,3)16-10(14)12-7-4-9(13)8(12)6-15-5-7/h7-9,13H,4-6H2,1-3H3/t7-,8-,9-/m0/s1. The molecular formula is C11H19NO4. The number of aliphatic hydroxyl groups excluding tert-OH is 1. The molecule has 0 saturated carbocycles. The van der Waals surface area contributed by atoms with Gasteiger partial charge in [0.25, 0.3) is 0 Å². The van der Waals surface area contributed by atoms with Crippen molar-refractivity contribution in [2.45, 2.75) is 51.0 Å². The van der Waals surface area contributed by atoms with Gasteiger partial charge in [0.2, 0.25) is 0 Å². The number of carbonyl (C=O) groups is 1. The molecule has 3 atom stereocenters. The SMILES string of the molecule is CC(C)(C)OC(=O)N1[C@@H]2COC[C@H]1[C@@H](O)C2. The monoisotopic (exact) mass is 229 g/mol. The molecule has 0 aliphatic carbocycles. The highest BCUT2D eigenvalue weighted by Crippen LogP contribution is 2.30. The topological polar surface area (TPSA) is 59.0 Å². The van der Waals surface area contributed by atoms with E-state index in [1.807, 2.05) is 20.8 Å². The zero-order valence-electron chi connectivity index (χ0n) is 9.97. The number of aliphatic hydroxyl groups is 1. The van der Waals surface area contributed by atoms with Gasteiger partial charge in [-0.3, -0.25) is 4.90 Å². The molecule has 92 valence electrons. The van der Waals surface area contributed by atoms with Gasteiger partial charge in [-0.2, -0.15) is 0 Å². The average molecular weight is 229 g/mol. The predicted molar refractivity (Wildman–Crippen MR) is 57.1 cm³/mol. The molecular weight excluding hydrogens is 210 g/mol. The predicted octanol–water partition coefficient (Wildman–Crippen LogP) is 0.755. The van der Waals surface area contributed by atoms with E-state index in [9.17, 15) is 9.90 Å². The number of fused-ring (bicyclic) bond motifs is 2. The molecule has 5 nitrogen and oxygen atoms in total. The Kier molecular flexibility index (Phi) is 2.84. The maximum absolute atomic E-state index is 12.0. The Bertz CT molecular complexity index is 286. The van der Waals surface area contributed by atoms with Crippen molar-refractivity contribution in [2.75, 3.05) is 13.2 Å². The lowest BCUT2D eigenvalue weighted by atomic mass is 10.2. The van der Waals surface area contributed by atoms with E-state index < -0.39 is 11.7 Å². The highest BCUT2D eigenvalue weighted by Gasteiger charge is 2.47. The van der Waals surface area contributed by atoms with Gasteiger partial charge in [0.15, 0.2) is 0 Å². The summed E-state index contributed by atoms with van der Waals surface area (Å²) in [5.74, 6) is 0. The van der Waals surface area contributed by atoms with Gasteiger partial charge in [0.1, 0.15) is 5.60 Å². The first-order chi connectivity index (χ1) is 7.38. The van der Waals surface area contributed by atoms with Crippen LogP contribution >= 0.6 is 0 Å². The number of rotatable bonds is 0. The summed E-state index contributed by atoms with van der Waals surface area (Å²) in [6.45, 7) is 6.40. The van der Waals surface area contributed by atoms with Gasteiger partial charge in [-0.05, 0) is 27.2 Å². The number of ether oxygens (including phenoxy) is 2. The minimum Gasteiger partial charge on any atom is -0.444 e. The molecule has 0 radical (unpaired) electrons. The van der Waals surface area contributed by atoms with E-state index in [2.05, 4.69) is 0 Å². The first-order valence-electron chi connectivity index (χ1n) is 5.65. The second kappa shape index (κ2) is 3.89. The smallest absolute Gasteiger partial charge is 0.411 e. The van der Waals surface area contributed by atoms with Crippen molar-refractivity contribution < 1.29 is 19.4 Å². The van der Waals surface area contributed by atoms with Crippen molar-refractivity contribution in [1.82, 2.24) is 4.90 Å². The number of amides is 1. The van der Waals surface area contributed by atoms with Gasteiger partial charge in [0, 0.05) is 0 Å². The molecule has 16 heavy (non-hydrogen) atoms. The number of hydrogen-bond acceptors (Lipinski definition) is 4. The van der Waals surface area contributed by atoms with Crippen LogP contribution in [-0.2, 0) is 9.47 Å². The van der Waals surface area contributed by atoms with Gasteiger partial charge in [-0.25, -0.2) is 4.79 Å². The summed E-state index contributed by atoms with van der Waals surface area (Å²) in [7, 11) is 0. The fraction of sp³-hybridized carbons (Fsp3) is 0.909. The molecule has 2 aliphatic heterocycles. The molecule has 0 unspecified atom stereocenters. The van der Waals surface area contributed by atoms with Crippen molar-refractivity contribution in [3.05, 3.63) is 0 Å². The molecule has 0 spiro atoms. The highest BCUT2D eigenvalue weighted by atomic mass is 16.6. The maximum Gasteiger partial charge on any atom is 0.411 e. The van der Waals surface area contributed by atoms with Gasteiger partial charge in [-0.15, -0.1) is 0 Å². The van der Waals surface area contributed by atoms with E-state index in [-0.39, 0.29) is 18.2 Å². The Morgan fingerprint density at radius 2 is 2.12 bits per heavy atom. The second-order valence-corrected chi connectivity index (χ2v) is 5.45. The Hall–Kier alpha value is -0.810. The minimum atomic E-state index is -0.500. The van der Waals surface area contributed by atoms with E-state index in [1.165, 1.54) is 0 Å². The number of nitrogens with zero attached hydrogens (tertiary/aromatic N) is 1. The fourth-order valence-electron chi connectivity index (χ4n) is 2.27. The minimum absolute atomic E-state index is 0.0383. The third kappa shape index (κ3) is 2.15. The van der Waals surface area contributed by atoms with E-state index in [4.69, 9.17) is 9.47 Å². The van der Waals surface area contributed by atoms with Crippen LogP contribution in [-0.4, -0.2) is 53.1 Å². The van der Waals surface area contributed by atoms with Gasteiger partial charge in [-0.1, -0.05) is 0 Å². The van der Waals surface area contributed by atoms with Crippen molar-refractivity contribution in [1.29, 1.82) is 0 Å². The quantitative estimate of drug-likeness (QED) is 0.666. The molecule has 0 aromatic carbocycles. The first-order valence-corrected chi connectivity index (χ1v) is 5.65. The second-order valence-electron chi connectivity index (χ2n) is 5.45. The largest absolute Gasteiger partial charge is 0.444 e. The van der Waals surface area contributed by atoms with Crippen LogP contribution in [0.1, 0.15) is 27.2 Å². The van der Waals surface area contributed by atoms with Gasteiger partial charge < -0.3 is 14.6 Å². The summed E-state index contributed by atoms with van der Waals surface area (Å²) in [6.07, 6.45) is -0.244. The van der Waals surface area contributed by atoms with Crippen LogP contribution in [0.15, 0.2) is 0 Å². The van der Waals surface area contributed by atoms with Crippen molar-refractivity contribution in [2.24, 2.45) is 0 Å². The van der Waals surface area contributed by atoms with E-state index in [0.29, 0.717) is 19.6 Å². The lowest BCUT2D eigenvalue weighted by molar-refractivity contribution is -0.0472. The maximum atomic E-state index is 12.0. The number of morpholine rings is 1. The lowest BCUT2D eigenvalue weighted by Crippen LogP contribution is -2.52. The van der Waals surface area contributed by atoms with Gasteiger partial charge in [0.05, 0.1) is 31.4 Å². The van der Waals surface area contributed by atoms with Crippen LogP contribution in [0.5, 0.6) is 0 Å². The molecule has 2 fully saturated rings. The summed E-state index contributed by atoms with van der Waals surface area (Å²) in [6, 6.07) is -0.280. The van der Waals surface area contributed by atoms with Crippen molar-refractivity contribution >= 4 is 6.09 Å². The Morgan fingerprint density at radius 3 is 2.69 bits per heavy atom. The Morgan fingerprint density at radius 1 is 1.44 bits per heavy atom. The van der Waals surface area contributed by atoms with Crippen LogP contribution in [0, 0.1) is 0 Å². The zero-order chi connectivity index (χ0) is 11.9. The zero-order valence-corrected chi connectivity index (χ0v) is 9.97. The van der Waals surface area contributed by atoms with Crippen molar-refractivity contribution in [3.63, 3.8) is 0 Å². The number of hydrogen-bond donors (Lipinski definition) is 1. The molecule has 2 heterocycles. The van der Waals surface area contributed by atoms with Crippen LogP contribution in [0.4, 0.5) is 4.79 Å². The van der Waals surface area contributed by atoms with Crippen LogP contribution < -0.4 is 0 Å². The summed E-state index contributed by atoms with van der Waals surface area (Å²) in [5.41, 5.74) is -0.500. The molecule has 0 aromatic heterocycles. The van der Waals surface area contributed by atoms with E-state index in [0.717, 1.165) is 0 Å². The lowest BCUT2D eigenvalue weighted by Gasteiger charge is -2.35. The Balaban J connectivity index is 2.07. The van der Waals surface area contributed by atoms with Gasteiger partial charge >= 0.3 is 6.09 Å². The summed E-state index contributed by atoms with van der Waals surface area (Å²) in [5, 5.41) is 9.79. The Labute approximate surface area is 95.3 Å². The van der Waals surface area contributed by atoms with Crippen molar-refractivity contribution in [3.8, 4) is 0 Å². The summed E-state index contributed by atoms with van der Waals surface area (Å²) < 4.78 is 10.7. The van der Waals surface area contributed by atoms with Crippen LogP contribution in [0.3, 0.4) is 0 Å². The fourth-order valence-corrected chi connectivity index (χ4v) is 2.27. The van der Waals surface area contributed by atoms with E-state index in [1.54, 1.807) is 4.90 Å². The number of carbonyl (C=O) groups excluding carboxylic acids is 1. The molecule has 1 N–H and O–H groups in total. The molecule has 2 bridgehead atoms. The van der Waals surface area contributed by atoms with Crippen LogP contribution in [0.2, 0.25) is 0 Å². The van der Waals surface area contributed by atoms with Crippen LogP contribution in [0.25, 0.3) is 0 Å². The average Bonchev–Trinajstić information content (AvgIpc) is 2.31. The molecule has 0 aromatic rings. The molecule has 2 rings (SSSR count). The third-order valence-electron chi connectivity index (χ3n) is 2.91. The van der Waals surface area contributed by atoms with E-state index >= 15 is 0 Å². The molecule has 2 saturated heterocycles. The third-order valence-corrected chi connectivity index (χ3v) is 2.91. The first kappa shape index (κ1) is 11.7.